The van der Waals surface area contributed by atoms with E-state index in [1.54, 1.807) is 4.52 Å². The second-order valence-electron chi connectivity index (χ2n) is 6.34. The quantitative estimate of drug-likeness (QED) is 0.711. The zero-order chi connectivity index (χ0) is 17.4. The first-order chi connectivity index (χ1) is 12.1. The maximum atomic E-state index is 12.1. The Morgan fingerprint density at radius 1 is 1.28 bits per heavy atom. The van der Waals surface area contributed by atoms with E-state index in [4.69, 9.17) is 0 Å². The Labute approximate surface area is 144 Å². The van der Waals surface area contributed by atoms with Gasteiger partial charge in [0.1, 0.15) is 11.6 Å². The third kappa shape index (κ3) is 3.09. The molecule has 1 N–H and O–H groups in total. The lowest BCUT2D eigenvalue weighted by molar-refractivity contribution is -0.120. The monoisotopic (exact) mass is 340 g/mol. The lowest BCUT2D eigenvalue weighted by Crippen LogP contribution is -2.28. The molecule has 0 fully saturated rings. The van der Waals surface area contributed by atoms with Crippen LogP contribution < -0.4 is 5.32 Å². The molecular weight excluding hydrogens is 320 g/mol. The summed E-state index contributed by atoms with van der Waals surface area (Å²) in [6.07, 6.45) is 2.93. The molecule has 0 unspecified atom stereocenters. The number of rotatable bonds is 5. The van der Waals surface area contributed by atoms with Crippen LogP contribution >= 0.6 is 0 Å². The molecule has 0 saturated heterocycles. The van der Waals surface area contributed by atoms with Crippen LogP contribution in [0.2, 0.25) is 0 Å². The summed E-state index contributed by atoms with van der Waals surface area (Å²) in [5, 5.41) is 15.6. The van der Waals surface area contributed by atoms with Gasteiger partial charge in [-0.1, -0.05) is 0 Å². The molecule has 0 aliphatic carbocycles. The van der Waals surface area contributed by atoms with Crippen molar-refractivity contribution >= 4 is 11.7 Å². The standard InChI is InChI=1S/C16H20N8O/c1-10-8-11(2)24-16(18-10)19-12(22-24)9-15(25)17-6-5-14-21-20-13-4-3-7-23(13)14/h8H,3-7,9H2,1-2H3,(H,17,25). The molecule has 9 nitrogen and oxygen atoms in total. The number of aryl methyl sites for hydroxylation is 3. The van der Waals surface area contributed by atoms with Crippen molar-refractivity contribution in [2.24, 2.45) is 0 Å². The maximum absolute atomic E-state index is 12.1. The van der Waals surface area contributed by atoms with Gasteiger partial charge in [0, 0.05) is 37.3 Å². The molecule has 0 radical (unpaired) electrons. The number of amides is 1. The molecule has 3 aromatic rings. The van der Waals surface area contributed by atoms with E-state index in [1.165, 1.54) is 0 Å². The van der Waals surface area contributed by atoms with E-state index in [-0.39, 0.29) is 12.3 Å². The minimum Gasteiger partial charge on any atom is -0.355 e. The number of aromatic nitrogens is 7. The van der Waals surface area contributed by atoms with Crippen LogP contribution in [-0.2, 0) is 30.6 Å². The molecule has 0 saturated carbocycles. The van der Waals surface area contributed by atoms with Crippen LogP contribution in [0.1, 0.15) is 35.3 Å². The molecule has 1 aliphatic rings. The molecule has 4 rings (SSSR count). The molecule has 0 atom stereocenters. The largest absolute Gasteiger partial charge is 0.355 e. The highest BCUT2D eigenvalue weighted by molar-refractivity contribution is 5.77. The lowest BCUT2D eigenvalue weighted by Gasteiger charge is -2.04. The van der Waals surface area contributed by atoms with Crippen molar-refractivity contribution < 1.29 is 4.79 Å². The second-order valence-corrected chi connectivity index (χ2v) is 6.34. The van der Waals surface area contributed by atoms with Crippen LogP contribution in [0.4, 0.5) is 0 Å². The smallest absolute Gasteiger partial charge is 0.252 e. The summed E-state index contributed by atoms with van der Waals surface area (Å²) in [6, 6.07) is 1.93. The minimum atomic E-state index is -0.105. The van der Waals surface area contributed by atoms with Crippen molar-refractivity contribution in [1.29, 1.82) is 0 Å². The predicted molar refractivity (Wildman–Crippen MR) is 89.0 cm³/mol. The Hall–Kier alpha value is -2.84. The number of nitrogens with zero attached hydrogens (tertiary/aromatic N) is 7. The summed E-state index contributed by atoms with van der Waals surface area (Å²) in [5.41, 5.74) is 1.83. The number of nitrogens with one attached hydrogen (secondary N) is 1. The topological polar surface area (TPSA) is 103 Å². The zero-order valence-electron chi connectivity index (χ0n) is 14.4. The molecule has 3 aromatic heterocycles. The Morgan fingerprint density at radius 3 is 3.04 bits per heavy atom. The molecule has 1 amide bonds. The molecule has 0 aromatic carbocycles. The Kier molecular flexibility index (Phi) is 3.90. The highest BCUT2D eigenvalue weighted by Crippen LogP contribution is 2.14. The van der Waals surface area contributed by atoms with E-state index in [0.29, 0.717) is 24.6 Å². The fourth-order valence-electron chi connectivity index (χ4n) is 3.20. The van der Waals surface area contributed by atoms with Gasteiger partial charge in [-0.2, -0.15) is 4.98 Å². The number of hydrogen-bond donors (Lipinski definition) is 1. The highest BCUT2D eigenvalue weighted by atomic mass is 16.1. The van der Waals surface area contributed by atoms with Gasteiger partial charge in [-0.25, -0.2) is 9.50 Å². The molecule has 25 heavy (non-hydrogen) atoms. The van der Waals surface area contributed by atoms with Crippen molar-refractivity contribution in [3.8, 4) is 0 Å². The molecular formula is C16H20N8O. The number of carbonyl (C=O) groups is 1. The fourth-order valence-corrected chi connectivity index (χ4v) is 3.20. The molecule has 4 heterocycles. The van der Waals surface area contributed by atoms with Crippen molar-refractivity contribution in [3.05, 3.63) is 34.9 Å². The van der Waals surface area contributed by atoms with E-state index in [9.17, 15) is 4.79 Å². The van der Waals surface area contributed by atoms with Crippen molar-refractivity contribution in [1.82, 2.24) is 39.7 Å². The first kappa shape index (κ1) is 15.7. The third-order valence-electron chi connectivity index (χ3n) is 4.34. The molecule has 0 bridgehead atoms. The van der Waals surface area contributed by atoms with E-state index in [0.717, 1.165) is 42.4 Å². The molecule has 9 heteroatoms. The van der Waals surface area contributed by atoms with Crippen LogP contribution in [-0.4, -0.2) is 46.8 Å². The van der Waals surface area contributed by atoms with Gasteiger partial charge in [-0.15, -0.1) is 15.3 Å². The van der Waals surface area contributed by atoms with Gasteiger partial charge in [0.15, 0.2) is 5.82 Å². The van der Waals surface area contributed by atoms with Crippen molar-refractivity contribution in [3.63, 3.8) is 0 Å². The Bertz CT molecular complexity index is 941. The number of fused-ring (bicyclic) bond motifs is 2. The maximum Gasteiger partial charge on any atom is 0.252 e. The van der Waals surface area contributed by atoms with Crippen molar-refractivity contribution in [2.45, 2.75) is 46.1 Å². The van der Waals surface area contributed by atoms with Gasteiger partial charge < -0.3 is 9.88 Å². The first-order valence-electron chi connectivity index (χ1n) is 8.48. The summed E-state index contributed by atoms with van der Waals surface area (Å²) in [7, 11) is 0. The van der Waals surface area contributed by atoms with Crippen molar-refractivity contribution in [2.75, 3.05) is 6.54 Å². The summed E-state index contributed by atoms with van der Waals surface area (Å²) < 4.78 is 3.81. The minimum absolute atomic E-state index is 0.105. The lowest BCUT2D eigenvalue weighted by atomic mass is 10.3. The summed E-state index contributed by atoms with van der Waals surface area (Å²) in [6.45, 7) is 5.36. The average Bonchev–Trinajstić information content (AvgIpc) is 3.23. The average molecular weight is 340 g/mol. The predicted octanol–water partition coefficient (Wildman–Crippen LogP) is 0.180. The van der Waals surface area contributed by atoms with Crippen LogP contribution in [0.15, 0.2) is 6.07 Å². The van der Waals surface area contributed by atoms with E-state index < -0.39 is 0 Å². The molecule has 0 spiro atoms. The summed E-state index contributed by atoms with van der Waals surface area (Å²) >= 11 is 0. The van der Waals surface area contributed by atoms with Gasteiger partial charge in [0.2, 0.25) is 5.91 Å². The highest BCUT2D eigenvalue weighted by Gasteiger charge is 2.17. The third-order valence-corrected chi connectivity index (χ3v) is 4.34. The number of hydrogen-bond acceptors (Lipinski definition) is 6. The summed E-state index contributed by atoms with van der Waals surface area (Å²) in [5.74, 6) is 2.88. The summed E-state index contributed by atoms with van der Waals surface area (Å²) in [4.78, 5) is 20.8. The van der Waals surface area contributed by atoms with Gasteiger partial charge in [-0.05, 0) is 26.3 Å². The molecule has 130 valence electrons. The van der Waals surface area contributed by atoms with Gasteiger partial charge in [0.25, 0.3) is 5.78 Å². The van der Waals surface area contributed by atoms with Crippen LogP contribution in [0, 0.1) is 13.8 Å². The Balaban J connectivity index is 1.35. The molecule has 1 aliphatic heterocycles. The van der Waals surface area contributed by atoms with E-state index >= 15 is 0 Å². The van der Waals surface area contributed by atoms with Crippen LogP contribution in [0.25, 0.3) is 5.78 Å². The van der Waals surface area contributed by atoms with Crippen LogP contribution in [0.3, 0.4) is 0 Å². The van der Waals surface area contributed by atoms with E-state index in [2.05, 4.69) is 35.1 Å². The normalized spacial score (nSPS) is 13.4. The van der Waals surface area contributed by atoms with E-state index in [1.807, 2.05) is 19.9 Å². The first-order valence-corrected chi connectivity index (χ1v) is 8.48. The SMILES string of the molecule is Cc1cc(C)n2nc(CC(=O)NCCc3nnc4n3CCC4)nc2n1. The number of carbonyl (C=O) groups excluding carboxylic acids is 1. The van der Waals surface area contributed by atoms with Gasteiger partial charge in [0.05, 0.1) is 6.42 Å². The van der Waals surface area contributed by atoms with Crippen LogP contribution in [0.5, 0.6) is 0 Å². The second kappa shape index (κ2) is 6.23. The zero-order valence-corrected chi connectivity index (χ0v) is 14.4. The van der Waals surface area contributed by atoms with Gasteiger partial charge >= 0.3 is 0 Å². The fraction of sp³-hybridized carbons (Fsp3) is 0.500. The Morgan fingerprint density at radius 2 is 2.16 bits per heavy atom. The van der Waals surface area contributed by atoms with Gasteiger partial charge in [-0.3, -0.25) is 4.79 Å².